The summed E-state index contributed by atoms with van der Waals surface area (Å²) in [4.78, 5) is 0. The van der Waals surface area contributed by atoms with Gasteiger partial charge in [-0.05, 0) is 35.2 Å². The van der Waals surface area contributed by atoms with Crippen LogP contribution in [0.1, 0.15) is 28.2 Å². The number of hydrogen-bond donors (Lipinski definition) is 0. The van der Waals surface area contributed by atoms with Crippen LogP contribution in [0.2, 0.25) is 0 Å². The fraction of sp³-hybridized carbons (Fsp3) is 0.130. The summed E-state index contributed by atoms with van der Waals surface area (Å²) in [5, 5.41) is 0. The molecule has 3 aromatic rings. The van der Waals surface area contributed by atoms with Crippen LogP contribution in [0.4, 0.5) is 13.2 Å². The Morgan fingerprint density at radius 2 is 1.31 bits per heavy atom. The molecule has 0 bridgehead atoms. The van der Waals surface area contributed by atoms with E-state index < -0.39 is 11.7 Å². The third kappa shape index (κ3) is 4.85. The minimum Gasteiger partial charge on any atom is -0.166 e. The van der Waals surface area contributed by atoms with Crippen LogP contribution in [-0.4, -0.2) is 0 Å². The molecule has 0 amide bonds. The lowest BCUT2D eigenvalue weighted by Crippen LogP contribution is -2.04. The van der Waals surface area contributed by atoms with E-state index in [1.165, 1.54) is 23.3 Å². The lowest BCUT2D eigenvalue weighted by molar-refractivity contribution is -0.137. The summed E-state index contributed by atoms with van der Waals surface area (Å²) in [5.41, 5.74) is 2.53. The van der Waals surface area contributed by atoms with Gasteiger partial charge in [-0.3, -0.25) is 0 Å². The molecule has 132 valence electrons. The average molecular weight is 352 g/mol. The van der Waals surface area contributed by atoms with Crippen LogP contribution in [0.25, 0.3) is 6.08 Å². The van der Waals surface area contributed by atoms with Crippen molar-refractivity contribution in [1.82, 2.24) is 0 Å². The molecule has 0 aliphatic carbocycles. The lowest BCUT2D eigenvalue weighted by atomic mass is 9.91. The smallest absolute Gasteiger partial charge is 0.166 e. The molecule has 0 fully saturated rings. The van der Waals surface area contributed by atoms with Gasteiger partial charge < -0.3 is 0 Å². The summed E-state index contributed by atoms with van der Waals surface area (Å²) in [5.74, 6) is 0.154. The van der Waals surface area contributed by atoms with Crippen molar-refractivity contribution in [2.45, 2.75) is 18.5 Å². The Morgan fingerprint density at radius 1 is 0.731 bits per heavy atom. The third-order valence-corrected chi connectivity index (χ3v) is 4.29. The van der Waals surface area contributed by atoms with E-state index in [4.69, 9.17) is 0 Å². The summed E-state index contributed by atoms with van der Waals surface area (Å²) in [7, 11) is 0. The number of hydrogen-bond acceptors (Lipinski definition) is 0. The Hall–Kier alpha value is -2.81. The highest BCUT2D eigenvalue weighted by molar-refractivity contribution is 5.52. The Morgan fingerprint density at radius 3 is 1.88 bits per heavy atom. The molecule has 0 aromatic heterocycles. The van der Waals surface area contributed by atoms with Gasteiger partial charge in [-0.15, -0.1) is 0 Å². The summed E-state index contributed by atoms with van der Waals surface area (Å²) in [6.07, 6.45) is 0.482. The van der Waals surface area contributed by atoms with Crippen molar-refractivity contribution in [3.05, 3.63) is 113 Å². The van der Waals surface area contributed by atoms with Crippen LogP contribution < -0.4 is 0 Å². The van der Waals surface area contributed by atoms with Crippen LogP contribution in [0.15, 0.2) is 91.0 Å². The SMILES string of the molecule is FC(F)(F)c1ccc(/C=C/[C@@H](Cc2ccccc2)c2ccccc2)cc1. The van der Waals surface area contributed by atoms with Gasteiger partial charge in [-0.1, -0.05) is 84.9 Å². The molecule has 1 atom stereocenters. The van der Waals surface area contributed by atoms with E-state index in [1.807, 2.05) is 42.5 Å². The van der Waals surface area contributed by atoms with Crippen molar-refractivity contribution < 1.29 is 13.2 Å². The normalized spacial score (nSPS) is 13.0. The summed E-state index contributed by atoms with van der Waals surface area (Å²) >= 11 is 0. The molecular formula is C23H19F3. The maximum Gasteiger partial charge on any atom is 0.416 e. The minimum atomic E-state index is -4.30. The Labute approximate surface area is 151 Å². The number of benzene rings is 3. The fourth-order valence-electron chi connectivity index (χ4n) is 2.88. The minimum absolute atomic E-state index is 0.154. The van der Waals surface area contributed by atoms with Gasteiger partial charge in [0.1, 0.15) is 0 Å². The van der Waals surface area contributed by atoms with Crippen molar-refractivity contribution in [3.63, 3.8) is 0 Å². The van der Waals surface area contributed by atoms with Gasteiger partial charge in [-0.2, -0.15) is 13.2 Å². The van der Waals surface area contributed by atoms with Gasteiger partial charge in [0, 0.05) is 5.92 Å². The maximum atomic E-state index is 12.7. The van der Waals surface area contributed by atoms with Crippen LogP contribution in [0.5, 0.6) is 0 Å². The molecule has 3 rings (SSSR count). The van der Waals surface area contributed by atoms with Gasteiger partial charge in [0.2, 0.25) is 0 Å². The maximum absolute atomic E-state index is 12.7. The van der Waals surface area contributed by atoms with Gasteiger partial charge >= 0.3 is 6.18 Å². The van der Waals surface area contributed by atoms with Crippen molar-refractivity contribution in [2.75, 3.05) is 0 Å². The first-order valence-electron chi connectivity index (χ1n) is 8.47. The molecule has 0 saturated heterocycles. The largest absolute Gasteiger partial charge is 0.416 e. The summed E-state index contributed by atoms with van der Waals surface area (Å²) < 4.78 is 38.0. The van der Waals surface area contributed by atoms with E-state index >= 15 is 0 Å². The second kappa shape index (κ2) is 8.05. The zero-order valence-electron chi connectivity index (χ0n) is 14.2. The zero-order valence-corrected chi connectivity index (χ0v) is 14.2. The molecule has 0 saturated carbocycles. The van der Waals surface area contributed by atoms with Crippen molar-refractivity contribution in [3.8, 4) is 0 Å². The molecule has 0 unspecified atom stereocenters. The molecule has 3 aromatic carbocycles. The molecular weight excluding hydrogens is 333 g/mol. The molecule has 0 nitrogen and oxygen atoms in total. The van der Waals surface area contributed by atoms with Crippen molar-refractivity contribution in [2.24, 2.45) is 0 Å². The van der Waals surface area contributed by atoms with E-state index in [0.717, 1.165) is 24.1 Å². The van der Waals surface area contributed by atoms with Gasteiger partial charge in [-0.25, -0.2) is 0 Å². The van der Waals surface area contributed by atoms with Crippen LogP contribution in [0, 0.1) is 0 Å². The molecule has 0 heterocycles. The highest BCUT2D eigenvalue weighted by Crippen LogP contribution is 2.29. The third-order valence-electron chi connectivity index (χ3n) is 4.29. The van der Waals surface area contributed by atoms with Crippen LogP contribution >= 0.6 is 0 Å². The Bertz CT molecular complexity index is 832. The van der Waals surface area contributed by atoms with Crippen molar-refractivity contribution in [1.29, 1.82) is 0 Å². The van der Waals surface area contributed by atoms with E-state index in [0.29, 0.717) is 0 Å². The van der Waals surface area contributed by atoms with Gasteiger partial charge in [0.05, 0.1) is 5.56 Å². The number of allylic oxidation sites excluding steroid dienone is 1. The van der Waals surface area contributed by atoms with Gasteiger partial charge in [0.25, 0.3) is 0 Å². The predicted molar refractivity (Wildman–Crippen MR) is 99.8 cm³/mol. The number of halogens is 3. The Kier molecular flexibility index (Phi) is 5.57. The topological polar surface area (TPSA) is 0 Å². The Balaban J connectivity index is 1.82. The quantitative estimate of drug-likeness (QED) is 0.477. The van der Waals surface area contributed by atoms with Crippen LogP contribution in [0.3, 0.4) is 0 Å². The first kappa shape index (κ1) is 18.0. The van der Waals surface area contributed by atoms with Crippen molar-refractivity contribution >= 4 is 6.08 Å². The molecule has 0 aliphatic heterocycles. The molecule has 0 radical (unpaired) electrons. The highest BCUT2D eigenvalue weighted by atomic mass is 19.4. The van der Waals surface area contributed by atoms with E-state index in [9.17, 15) is 13.2 Å². The fourth-order valence-corrected chi connectivity index (χ4v) is 2.88. The molecule has 0 spiro atoms. The van der Waals surface area contributed by atoms with Gasteiger partial charge in [0.15, 0.2) is 0 Å². The zero-order chi connectivity index (χ0) is 18.4. The highest BCUT2D eigenvalue weighted by Gasteiger charge is 2.29. The second-order valence-electron chi connectivity index (χ2n) is 6.19. The molecule has 0 N–H and O–H groups in total. The second-order valence-corrected chi connectivity index (χ2v) is 6.19. The molecule has 0 aliphatic rings. The lowest BCUT2D eigenvalue weighted by Gasteiger charge is -2.14. The van der Waals surface area contributed by atoms with Crippen LogP contribution in [-0.2, 0) is 12.6 Å². The number of alkyl halides is 3. The predicted octanol–water partition coefficient (Wildman–Crippen LogP) is 6.75. The summed E-state index contributed by atoms with van der Waals surface area (Å²) in [6.45, 7) is 0. The first-order chi connectivity index (χ1) is 12.5. The monoisotopic (exact) mass is 352 g/mol. The standard InChI is InChI=1S/C23H19F3/c24-23(25,26)22-15-12-18(13-16-22)11-14-21(20-9-5-2-6-10-20)17-19-7-3-1-4-8-19/h1-16,21H,17H2/b14-11+/t21-/m0/s1. The average Bonchev–Trinajstić information content (AvgIpc) is 2.66. The summed E-state index contributed by atoms with van der Waals surface area (Å²) in [6, 6.07) is 25.5. The number of rotatable bonds is 5. The van der Waals surface area contributed by atoms with E-state index in [1.54, 1.807) is 0 Å². The molecule has 3 heteroatoms. The van der Waals surface area contributed by atoms with E-state index in [-0.39, 0.29) is 5.92 Å². The van der Waals surface area contributed by atoms with E-state index in [2.05, 4.69) is 30.3 Å². The first-order valence-corrected chi connectivity index (χ1v) is 8.47. The molecule has 26 heavy (non-hydrogen) atoms.